The van der Waals surface area contributed by atoms with Crippen LogP contribution >= 0.6 is 0 Å². The Balaban J connectivity index is 0.000000243. The van der Waals surface area contributed by atoms with Gasteiger partial charge >= 0.3 is 0 Å². The number of rotatable bonds is 1. The Morgan fingerprint density at radius 2 is 2.00 bits per heavy atom. The molecule has 1 heterocycles. The van der Waals surface area contributed by atoms with Crippen LogP contribution in [-0.2, 0) is 0 Å². The van der Waals surface area contributed by atoms with Gasteiger partial charge in [-0.05, 0) is 12.1 Å². The zero-order valence-corrected chi connectivity index (χ0v) is 6.58. The Hall–Kier alpha value is -2.09. The lowest BCUT2D eigenvalue weighted by molar-refractivity contribution is -0.632. The molecule has 0 atom stereocenters. The third-order valence-electron chi connectivity index (χ3n) is 0.848. The van der Waals surface area contributed by atoms with E-state index in [1.165, 1.54) is 0 Å². The average molecular weight is 187 g/mol. The Bertz CT molecular complexity index is 228. The quantitative estimate of drug-likeness (QED) is 0.179. The fourth-order valence-electron chi connectivity index (χ4n) is 0.315. The monoisotopic (exact) mass is 187 g/mol. The maximum atomic E-state index is 9.53. The highest BCUT2D eigenvalue weighted by molar-refractivity contribution is 5.72. The van der Waals surface area contributed by atoms with E-state index in [0.717, 1.165) is 0 Å². The molecule has 0 radical (unpaired) electrons. The molecule has 0 spiro atoms. The second-order valence-corrected chi connectivity index (χ2v) is 1.76. The predicted octanol–water partition coefficient (Wildman–Crippen LogP) is -0.473. The molecule has 0 fully saturated rings. The van der Waals surface area contributed by atoms with Gasteiger partial charge in [0.2, 0.25) is 0 Å². The van der Waals surface area contributed by atoms with E-state index < -0.39 is 11.0 Å². The Kier molecular flexibility index (Phi) is 4.65. The van der Waals surface area contributed by atoms with E-state index in [9.17, 15) is 10.1 Å². The number of guanidine groups is 1. The van der Waals surface area contributed by atoms with Crippen LogP contribution in [0.25, 0.3) is 0 Å². The fraction of sp³-hybridized carbons (Fsp3) is 0. The van der Waals surface area contributed by atoms with Crippen LogP contribution in [0.15, 0.2) is 29.1 Å². The largest absolute Gasteiger partial charge is 0.473 e. The predicted molar refractivity (Wildman–Crippen MR) is 43.6 cm³/mol. The van der Waals surface area contributed by atoms with Gasteiger partial charge in [-0.1, -0.05) is 0 Å². The van der Waals surface area contributed by atoms with Gasteiger partial charge in [-0.15, -0.1) is 0 Å². The summed E-state index contributed by atoms with van der Waals surface area (Å²) in [4.78, 5) is 9.53. The molecule has 13 heavy (non-hydrogen) atoms. The lowest BCUT2D eigenvalue weighted by Gasteiger charge is -2.00. The smallest absolute Gasteiger partial charge is 0.272 e. The number of hydrogen-bond donors (Lipinski definition) is 3. The summed E-state index contributed by atoms with van der Waals surface area (Å²) in [6, 6.07) is 3.67. The van der Waals surface area contributed by atoms with Crippen LogP contribution in [-0.4, -0.2) is 16.1 Å². The Morgan fingerprint density at radius 3 is 2.08 bits per heavy atom. The zero-order chi connectivity index (χ0) is 10.3. The molecular formula is C5H9N5O3. The Labute approximate surface area is 73.3 Å². The van der Waals surface area contributed by atoms with Gasteiger partial charge in [0, 0.05) is 5.12 Å². The van der Waals surface area contributed by atoms with E-state index in [0.29, 0.717) is 0 Å². The lowest BCUT2D eigenvalue weighted by atomic mass is 10.7. The summed E-state index contributed by atoms with van der Waals surface area (Å²) in [5.74, 6) is 3.75. The molecule has 72 valence electrons. The van der Waals surface area contributed by atoms with Crippen LogP contribution in [0.4, 0.5) is 0 Å². The first-order chi connectivity index (χ1) is 6.05. The van der Waals surface area contributed by atoms with Crippen LogP contribution < -0.4 is 11.6 Å². The molecule has 0 aliphatic carbocycles. The van der Waals surface area contributed by atoms with Crippen molar-refractivity contribution in [3.63, 3.8) is 0 Å². The van der Waals surface area contributed by atoms with Crippen molar-refractivity contribution >= 4 is 5.96 Å². The van der Waals surface area contributed by atoms with Gasteiger partial charge in [-0.2, -0.15) is 5.84 Å². The van der Waals surface area contributed by atoms with E-state index in [2.05, 4.69) is 16.0 Å². The van der Waals surface area contributed by atoms with Gasteiger partial charge in [0.25, 0.3) is 5.96 Å². The van der Waals surface area contributed by atoms with Crippen molar-refractivity contribution in [2.45, 2.75) is 0 Å². The van der Waals surface area contributed by atoms with E-state index in [-0.39, 0.29) is 5.12 Å². The first kappa shape index (κ1) is 10.9. The maximum absolute atomic E-state index is 9.53. The SMILES string of the molecule is N=C(N)N(N)[N+](=O)[O-].c1ccoc1. The second kappa shape index (κ2) is 5.55. The van der Waals surface area contributed by atoms with Crippen molar-refractivity contribution in [2.24, 2.45) is 11.6 Å². The minimum atomic E-state index is -0.998. The summed E-state index contributed by atoms with van der Waals surface area (Å²) in [7, 11) is 0. The molecule has 0 bridgehead atoms. The molecule has 8 heteroatoms. The van der Waals surface area contributed by atoms with Gasteiger partial charge < -0.3 is 10.2 Å². The molecule has 0 unspecified atom stereocenters. The van der Waals surface area contributed by atoms with Gasteiger partial charge in [0.15, 0.2) is 5.03 Å². The summed E-state index contributed by atoms with van der Waals surface area (Å²) in [5.41, 5.74) is 4.58. The molecule has 0 amide bonds. The standard InChI is InChI=1S/C4H4O.CH5N5O2/c1-2-4-5-3-1;2-1(3)5(4)6(7)8/h1-4H;4H2,(H3,2,3). The molecule has 8 nitrogen and oxygen atoms in total. The normalized spacial score (nSPS) is 8.08. The molecule has 0 aliphatic rings. The van der Waals surface area contributed by atoms with Gasteiger partial charge in [0.05, 0.1) is 12.5 Å². The average Bonchev–Trinajstić information content (AvgIpc) is 2.59. The van der Waals surface area contributed by atoms with Crippen molar-refractivity contribution < 1.29 is 9.45 Å². The summed E-state index contributed by atoms with van der Waals surface area (Å²) in [5, 5.41) is 14.8. The molecular weight excluding hydrogens is 178 g/mol. The summed E-state index contributed by atoms with van der Waals surface area (Å²) >= 11 is 0. The molecule has 0 saturated carbocycles. The van der Waals surface area contributed by atoms with E-state index in [1.54, 1.807) is 12.5 Å². The van der Waals surface area contributed by atoms with Crippen LogP contribution in [0.2, 0.25) is 0 Å². The van der Waals surface area contributed by atoms with Crippen LogP contribution in [0, 0.1) is 15.5 Å². The number of nitro groups is 1. The van der Waals surface area contributed by atoms with Crippen LogP contribution in [0.5, 0.6) is 0 Å². The minimum absolute atomic E-state index is 0.0833. The molecule has 1 aromatic rings. The second-order valence-electron chi connectivity index (χ2n) is 1.76. The molecule has 0 saturated heterocycles. The summed E-state index contributed by atoms with van der Waals surface area (Å²) in [6.07, 6.45) is 3.25. The topological polar surface area (TPSA) is 135 Å². The summed E-state index contributed by atoms with van der Waals surface area (Å²) < 4.78 is 4.58. The minimum Gasteiger partial charge on any atom is -0.473 e. The highest BCUT2D eigenvalue weighted by Gasteiger charge is 2.09. The number of nitrogens with one attached hydrogen (secondary N) is 1. The third-order valence-corrected chi connectivity index (χ3v) is 0.848. The molecule has 0 aliphatic heterocycles. The first-order valence-electron chi connectivity index (χ1n) is 3.06. The number of furan rings is 1. The van der Waals surface area contributed by atoms with E-state index in [4.69, 9.17) is 5.41 Å². The van der Waals surface area contributed by atoms with Crippen LogP contribution in [0.1, 0.15) is 0 Å². The van der Waals surface area contributed by atoms with Gasteiger partial charge in [-0.3, -0.25) is 5.41 Å². The third kappa shape index (κ3) is 5.21. The molecule has 1 aromatic heterocycles. The zero-order valence-electron chi connectivity index (χ0n) is 6.58. The number of hydrazine groups is 2. The van der Waals surface area contributed by atoms with Crippen molar-refractivity contribution in [1.29, 1.82) is 5.41 Å². The Morgan fingerprint density at radius 1 is 1.54 bits per heavy atom. The fourth-order valence-corrected chi connectivity index (χ4v) is 0.315. The van der Waals surface area contributed by atoms with E-state index >= 15 is 0 Å². The van der Waals surface area contributed by atoms with Crippen LogP contribution in [0.3, 0.4) is 0 Å². The van der Waals surface area contributed by atoms with Crippen molar-refractivity contribution in [1.82, 2.24) is 5.12 Å². The van der Waals surface area contributed by atoms with Crippen molar-refractivity contribution in [2.75, 3.05) is 0 Å². The van der Waals surface area contributed by atoms with Gasteiger partial charge in [0.1, 0.15) is 0 Å². The van der Waals surface area contributed by atoms with Crippen molar-refractivity contribution in [3.05, 3.63) is 34.8 Å². The molecule has 0 aromatic carbocycles. The van der Waals surface area contributed by atoms with E-state index in [1.807, 2.05) is 12.1 Å². The maximum Gasteiger partial charge on any atom is 0.272 e. The molecule has 5 N–H and O–H groups in total. The summed E-state index contributed by atoms with van der Waals surface area (Å²) in [6.45, 7) is 0. The van der Waals surface area contributed by atoms with Gasteiger partial charge in [-0.25, -0.2) is 10.1 Å². The number of hydrogen-bond acceptors (Lipinski definition) is 5. The highest BCUT2D eigenvalue weighted by atomic mass is 16.7. The number of nitrogens with zero attached hydrogens (tertiary/aromatic N) is 2. The lowest BCUT2D eigenvalue weighted by Crippen LogP contribution is -2.45. The highest BCUT2D eigenvalue weighted by Crippen LogP contribution is 1.79. The number of nitrogens with two attached hydrogens (primary N) is 2. The van der Waals surface area contributed by atoms with Crippen molar-refractivity contribution in [3.8, 4) is 0 Å². The first-order valence-corrected chi connectivity index (χ1v) is 3.06. The molecule has 1 rings (SSSR count).